The highest BCUT2D eigenvalue weighted by atomic mass is 19.2. The summed E-state index contributed by atoms with van der Waals surface area (Å²) < 4.78 is 26.1. The van der Waals surface area contributed by atoms with E-state index < -0.39 is 11.6 Å². The van der Waals surface area contributed by atoms with Gasteiger partial charge in [-0.25, -0.2) is 8.78 Å². The average molecular weight is 259 g/mol. The molecular weight excluding hydrogens is 248 g/mol. The van der Waals surface area contributed by atoms with Gasteiger partial charge in [0.25, 0.3) is 0 Å². The van der Waals surface area contributed by atoms with Gasteiger partial charge in [0.2, 0.25) is 0 Å². The summed E-state index contributed by atoms with van der Waals surface area (Å²) in [7, 11) is 1.68. The molecule has 0 aliphatic heterocycles. The monoisotopic (exact) mass is 259 g/mol. The number of hydrogen-bond acceptors (Lipinski definition) is 3. The maximum Gasteiger partial charge on any atom is 0.160 e. The van der Waals surface area contributed by atoms with Gasteiger partial charge in [0.1, 0.15) is 0 Å². The molecule has 2 aromatic rings. The Labute approximate surface area is 109 Å². The van der Waals surface area contributed by atoms with Crippen LogP contribution in [0.15, 0.2) is 36.4 Å². The number of hydrogen-bond donors (Lipinski definition) is 1. The first-order valence-electron chi connectivity index (χ1n) is 5.51. The number of nitriles is 1. The zero-order chi connectivity index (χ0) is 14.0. The molecule has 0 atom stereocenters. The molecule has 0 amide bonds. The van der Waals surface area contributed by atoms with Crippen LogP contribution in [-0.4, -0.2) is 7.05 Å². The first kappa shape index (κ1) is 12.8. The zero-order valence-corrected chi connectivity index (χ0v) is 10.2. The van der Waals surface area contributed by atoms with Crippen LogP contribution in [0.3, 0.4) is 0 Å². The second-order valence-corrected chi connectivity index (χ2v) is 4.04. The summed E-state index contributed by atoms with van der Waals surface area (Å²) in [5.41, 5.74) is 7.77. The molecule has 2 aromatic carbocycles. The summed E-state index contributed by atoms with van der Waals surface area (Å²) >= 11 is 0. The lowest BCUT2D eigenvalue weighted by Crippen LogP contribution is -2.12. The largest absolute Gasteiger partial charge is 0.397 e. The van der Waals surface area contributed by atoms with Gasteiger partial charge in [0.15, 0.2) is 11.6 Å². The number of nitrogens with zero attached hydrogens (tertiary/aromatic N) is 2. The quantitative estimate of drug-likeness (QED) is 0.843. The topological polar surface area (TPSA) is 53.0 Å². The fourth-order valence-corrected chi connectivity index (χ4v) is 1.76. The van der Waals surface area contributed by atoms with Gasteiger partial charge in [-0.3, -0.25) is 0 Å². The summed E-state index contributed by atoms with van der Waals surface area (Å²) in [6.07, 6.45) is 0. The zero-order valence-electron chi connectivity index (χ0n) is 10.2. The van der Waals surface area contributed by atoms with Gasteiger partial charge < -0.3 is 10.6 Å². The fourth-order valence-electron chi connectivity index (χ4n) is 1.76. The Balaban J connectivity index is 2.41. The van der Waals surface area contributed by atoms with Crippen molar-refractivity contribution in [1.29, 1.82) is 5.26 Å². The first-order valence-corrected chi connectivity index (χ1v) is 5.51. The summed E-state index contributed by atoms with van der Waals surface area (Å²) in [6, 6.07) is 10.4. The van der Waals surface area contributed by atoms with E-state index in [4.69, 9.17) is 11.0 Å². The molecular formula is C14H11F2N3. The van der Waals surface area contributed by atoms with E-state index in [2.05, 4.69) is 0 Å². The van der Waals surface area contributed by atoms with Crippen molar-refractivity contribution in [1.82, 2.24) is 0 Å². The Hall–Kier alpha value is -2.61. The molecule has 0 unspecified atom stereocenters. The molecule has 96 valence electrons. The van der Waals surface area contributed by atoms with Gasteiger partial charge in [0, 0.05) is 18.8 Å². The lowest BCUT2D eigenvalue weighted by atomic mass is 10.1. The molecule has 0 heterocycles. The lowest BCUT2D eigenvalue weighted by molar-refractivity contribution is 0.509. The van der Waals surface area contributed by atoms with E-state index >= 15 is 0 Å². The van der Waals surface area contributed by atoms with Crippen LogP contribution in [0.2, 0.25) is 0 Å². The molecule has 0 bridgehead atoms. The second kappa shape index (κ2) is 4.94. The summed E-state index contributed by atoms with van der Waals surface area (Å²) in [4.78, 5) is 1.62. The first-order chi connectivity index (χ1) is 9.02. The van der Waals surface area contributed by atoms with Crippen molar-refractivity contribution in [2.45, 2.75) is 0 Å². The number of nitrogen functional groups attached to an aromatic ring is 1. The Kier molecular flexibility index (Phi) is 3.34. The smallest absolute Gasteiger partial charge is 0.160 e. The highest BCUT2D eigenvalue weighted by Crippen LogP contribution is 2.30. The molecule has 2 N–H and O–H groups in total. The van der Waals surface area contributed by atoms with Crippen LogP contribution < -0.4 is 10.6 Å². The van der Waals surface area contributed by atoms with E-state index in [9.17, 15) is 8.78 Å². The molecule has 3 nitrogen and oxygen atoms in total. The van der Waals surface area contributed by atoms with E-state index in [1.165, 1.54) is 12.1 Å². The highest BCUT2D eigenvalue weighted by molar-refractivity contribution is 5.75. The van der Waals surface area contributed by atoms with Crippen molar-refractivity contribution < 1.29 is 8.78 Å². The standard InChI is InChI=1S/C14H11F2N3/c1-19(10-3-4-11(15)12(16)7-10)14-5-2-9(8-17)6-13(14)18/h2-7H,18H2,1H3. The lowest BCUT2D eigenvalue weighted by Gasteiger charge is -2.21. The predicted molar refractivity (Wildman–Crippen MR) is 70.0 cm³/mol. The third-order valence-electron chi connectivity index (χ3n) is 2.81. The molecule has 0 aliphatic rings. The van der Waals surface area contributed by atoms with Crippen LogP contribution in [-0.2, 0) is 0 Å². The second-order valence-electron chi connectivity index (χ2n) is 4.04. The normalized spacial score (nSPS) is 10.0. The van der Waals surface area contributed by atoms with Crippen molar-refractivity contribution in [2.75, 3.05) is 17.7 Å². The Bertz CT molecular complexity index is 662. The molecule has 0 aliphatic carbocycles. The molecule has 0 fully saturated rings. The van der Waals surface area contributed by atoms with Crippen LogP contribution >= 0.6 is 0 Å². The molecule has 5 heteroatoms. The van der Waals surface area contributed by atoms with E-state index in [1.807, 2.05) is 6.07 Å². The van der Waals surface area contributed by atoms with Crippen LogP contribution in [0, 0.1) is 23.0 Å². The van der Waals surface area contributed by atoms with Crippen LogP contribution in [0.25, 0.3) is 0 Å². The van der Waals surface area contributed by atoms with Crippen molar-refractivity contribution in [3.05, 3.63) is 53.6 Å². The van der Waals surface area contributed by atoms with Crippen LogP contribution in [0.4, 0.5) is 25.8 Å². The molecule has 0 spiro atoms. The van der Waals surface area contributed by atoms with Gasteiger partial charge in [-0.2, -0.15) is 5.26 Å². The predicted octanol–water partition coefficient (Wildman–Crippen LogP) is 3.19. The highest BCUT2D eigenvalue weighted by Gasteiger charge is 2.11. The summed E-state index contributed by atoms with van der Waals surface area (Å²) in [5, 5.41) is 8.77. The summed E-state index contributed by atoms with van der Waals surface area (Å²) in [5.74, 6) is -1.82. The maximum atomic E-state index is 13.2. The van der Waals surface area contributed by atoms with E-state index in [-0.39, 0.29) is 0 Å². The molecule has 0 aromatic heterocycles. The number of nitrogens with two attached hydrogens (primary N) is 1. The van der Waals surface area contributed by atoms with Gasteiger partial charge in [-0.15, -0.1) is 0 Å². The SMILES string of the molecule is CN(c1ccc(F)c(F)c1)c1ccc(C#N)cc1N. The van der Waals surface area contributed by atoms with Crippen molar-refractivity contribution >= 4 is 17.1 Å². The molecule has 19 heavy (non-hydrogen) atoms. The number of anilines is 3. The average Bonchev–Trinajstić information content (AvgIpc) is 2.41. The van der Waals surface area contributed by atoms with E-state index in [0.717, 1.165) is 12.1 Å². The Morgan fingerprint density at radius 2 is 1.84 bits per heavy atom. The van der Waals surface area contributed by atoms with Crippen LogP contribution in [0.1, 0.15) is 5.56 Å². The molecule has 0 radical (unpaired) electrons. The minimum atomic E-state index is -0.920. The van der Waals surface area contributed by atoms with E-state index in [0.29, 0.717) is 22.6 Å². The number of benzene rings is 2. The molecule has 2 rings (SSSR count). The number of rotatable bonds is 2. The van der Waals surface area contributed by atoms with Crippen molar-refractivity contribution in [2.24, 2.45) is 0 Å². The Morgan fingerprint density at radius 3 is 2.42 bits per heavy atom. The molecule has 0 saturated heterocycles. The van der Waals surface area contributed by atoms with Gasteiger partial charge >= 0.3 is 0 Å². The minimum Gasteiger partial charge on any atom is -0.397 e. The van der Waals surface area contributed by atoms with Gasteiger partial charge in [-0.05, 0) is 30.3 Å². The van der Waals surface area contributed by atoms with Crippen molar-refractivity contribution in [3.63, 3.8) is 0 Å². The minimum absolute atomic E-state index is 0.395. The van der Waals surface area contributed by atoms with Gasteiger partial charge in [0.05, 0.1) is 23.0 Å². The third kappa shape index (κ3) is 2.47. The van der Waals surface area contributed by atoms with Crippen LogP contribution in [0.5, 0.6) is 0 Å². The summed E-state index contributed by atoms with van der Waals surface area (Å²) in [6.45, 7) is 0. The van der Waals surface area contributed by atoms with Crippen molar-refractivity contribution in [3.8, 4) is 6.07 Å². The Morgan fingerprint density at radius 1 is 1.11 bits per heavy atom. The molecule has 0 saturated carbocycles. The fraction of sp³-hybridized carbons (Fsp3) is 0.0714. The van der Waals surface area contributed by atoms with Gasteiger partial charge in [-0.1, -0.05) is 0 Å². The number of halogens is 2. The maximum absolute atomic E-state index is 13.2. The third-order valence-corrected chi connectivity index (χ3v) is 2.81. The van der Waals surface area contributed by atoms with E-state index in [1.54, 1.807) is 24.1 Å².